The first kappa shape index (κ1) is 15.4. The summed E-state index contributed by atoms with van der Waals surface area (Å²) >= 11 is 0. The quantitative estimate of drug-likeness (QED) is 0.907. The van der Waals surface area contributed by atoms with Gasteiger partial charge in [0.05, 0.1) is 6.42 Å². The number of benzene rings is 1. The fraction of sp³-hybridized carbons (Fsp3) is 0.467. The molecule has 1 aromatic rings. The average molecular weight is 297 g/mol. The zero-order valence-electron chi connectivity index (χ0n) is 11.5. The number of carbonyl (C=O) groups excluding carboxylic acids is 1. The summed E-state index contributed by atoms with van der Waals surface area (Å²) in [6, 6.07) is 3.53. The van der Waals surface area contributed by atoms with Gasteiger partial charge in [-0.2, -0.15) is 0 Å². The van der Waals surface area contributed by atoms with Gasteiger partial charge in [-0.15, -0.1) is 0 Å². The van der Waals surface area contributed by atoms with E-state index < -0.39 is 30.1 Å². The third-order valence-electron chi connectivity index (χ3n) is 3.76. The van der Waals surface area contributed by atoms with Crippen LogP contribution in [0.1, 0.15) is 31.2 Å². The smallest absolute Gasteiger partial charge is 0.323 e. The Morgan fingerprint density at radius 3 is 2.52 bits per heavy atom. The Balaban J connectivity index is 2.14. The summed E-state index contributed by atoms with van der Waals surface area (Å²) in [5.41, 5.74) is -0.0478. The van der Waals surface area contributed by atoms with Gasteiger partial charge < -0.3 is 10.0 Å². The second-order valence-electron chi connectivity index (χ2n) is 5.24. The lowest BCUT2D eigenvalue weighted by Gasteiger charge is -2.27. The lowest BCUT2D eigenvalue weighted by molar-refractivity contribution is -0.145. The van der Waals surface area contributed by atoms with Gasteiger partial charge in [0.2, 0.25) is 5.91 Å². The van der Waals surface area contributed by atoms with Gasteiger partial charge in [0, 0.05) is 11.6 Å². The van der Waals surface area contributed by atoms with Crippen LogP contribution >= 0.6 is 0 Å². The molecule has 0 atom stereocenters. The van der Waals surface area contributed by atoms with Crippen LogP contribution < -0.4 is 0 Å². The summed E-state index contributed by atoms with van der Waals surface area (Å²) in [6.07, 6.45) is 3.08. The maximum absolute atomic E-state index is 13.6. The largest absolute Gasteiger partial charge is 0.480 e. The summed E-state index contributed by atoms with van der Waals surface area (Å²) in [5, 5.41) is 8.93. The molecule has 2 rings (SSSR count). The number of hydrogen-bond acceptors (Lipinski definition) is 2. The van der Waals surface area contributed by atoms with Gasteiger partial charge in [0.15, 0.2) is 11.6 Å². The standard InChI is InChI=1S/C15H17F2NO3/c16-12-7-3-4-10(15(12)17)8-13(19)18(9-14(20)21)11-5-1-2-6-11/h3-4,7,11H,1-2,5-6,8-9H2,(H,20,21). The summed E-state index contributed by atoms with van der Waals surface area (Å²) < 4.78 is 26.8. The van der Waals surface area contributed by atoms with Crippen molar-refractivity contribution >= 4 is 11.9 Å². The van der Waals surface area contributed by atoms with E-state index in [0.717, 1.165) is 31.7 Å². The highest BCUT2D eigenvalue weighted by Gasteiger charge is 2.28. The molecule has 0 aromatic heterocycles. The summed E-state index contributed by atoms with van der Waals surface area (Å²) in [7, 11) is 0. The van der Waals surface area contributed by atoms with Crippen LogP contribution in [0.25, 0.3) is 0 Å². The molecular weight excluding hydrogens is 280 g/mol. The lowest BCUT2D eigenvalue weighted by atomic mass is 10.1. The molecule has 1 aromatic carbocycles. The molecule has 6 heteroatoms. The van der Waals surface area contributed by atoms with Crippen molar-refractivity contribution < 1.29 is 23.5 Å². The minimum Gasteiger partial charge on any atom is -0.480 e. The number of amides is 1. The first-order chi connectivity index (χ1) is 9.99. The number of halogens is 2. The Bertz CT molecular complexity index is 542. The topological polar surface area (TPSA) is 57.6 Å². The second-order valence-corrected chi connectivity index (χ2v) is 5.24. The van der Waals surface area contributed by atoms with Crippen molar-refractivity contribution in [1.29, 1.82) is 0 Å². The molecule has 0 heterocycles. The molecule has 0 bridgehead atoms. The Hall–Kier alpha value is -1.98. The van der Waals surface area contributed by atoms with Gasteiger partial charge in [-0.25, -0.2) is 8.78 Å². The Morgan fingerprint density at radius 2 is 1.90 bits per heavy atom. The first-order valence-corrected chi connectivity index (χ1v) is 6.93. The van der Waals surface area contributed by atoms with Crippen LogP contribution in [-0.2, 0) is 16.0 Å². The van der Waals surface area contributed by atoms with Gasteiger partial charge in [-0.05, 0) is 18.9 Å². The number of hydrogen-bond donors (Lipinski definition) is 1. The number of carbonyl (C=O) groups is 2. The predicted octanol–water partition coefficient (Wildman–Crippen LogP) is 2.36. The monoisotopic (exact) mass is 297 g/mol. The molecule has 0 saturated heterocycles. The van der Waals surface area contributed by atoms with E-state index in [-0.39, 0.29) is 18.0 Å². The predicted molar refractivity (Wildman–Crippen MR) is 71.7 cm³/mol. The van der Waals surface area contributed by atoms with E-state index in [2.05, 4.69) is 0 Å². The van der Waals surface area contributed by atoms with Crippen LogP contribution in [0.3, 0.4) is 0 Å². The van der Waals surface area contributed by atoms with Gasteiger partial charge >= 0.3 is 5.97 Å². The van der Waals surface area contributed by atoms with Crippen LogP contribution in [0, 0.1) is 11.6 Å². The molecule has 1 aliphatic carbocycles. The summed E-state index contributed by atoms with van der Waals surface area (Å²) in [6.45, 7) is -0.402. The molecule has 0 aliphatic heterocycles. The van der Waals surface area contributed by atoms with Gasteiger partial charge in [-0.1, -0.05) is 25.0 Å². The average Bonchev–Trinajstić information content (AvgIpc) is 2.94. The third kappa shape index (κ3) is 3.77. The number of aliphatic carboxylic acids is 1. The van der Waals surface area contributed by atoms with Crippen molar-refractivity contribution in [3.05, 3.63) is 35.4 Å². The number of carboxylic acids is 1. The van der Waals surface area contributed by atoms with Crippen LogP contribution in [0.4, 0.5) is 8.78 Å². The van der Waals surface area contributed by atoms with E-state index in [1.54, 1.807) is 0 Å². The van der Waals surface area contributed by atoms with E-state index in [0.29, 0.717) is 0 Å². The van der Waals surface area contributed by atoms with Crippen molar-refractivity contribution in [2.45, 2.75) is 38.1 Å². The summed E-state index contributed by atoms with van der Waals surface area (Å²) in [4.78, 5) is 24.5. The van der Waals surface area contributed by atoms with Gasteiger partial charge in [0.1, 0.15) is 6.54 Å². The van der Waals surface area contributed by atoms with E-state index in [9.17, 15) is 18.4 Å². The van der Waals surface area contributed by atoms with E-state index in [1.165, 1.54) is 17.0 Å². The van der Waals surface area contributed by atoms with Gasteiger partial charge in [-0.3, -0.25) is 9.59 Å². The zero-order valence-corrected chi connectivity index (χ0v) is 11.5. The highest BCUT2D eigenvalue weighted by atomic mass is 19.2. The fourth-order valence-electron chi connectivity index (χ4n) is 2.73. The Morgan fingerprint density at radius 1 is 1.24 bits per heavy atom. The number of rotatable bonds is 5. The van der Waals surface area contributed by atoms with Gasteiger partial charge in [0.25, 0.3) is 0 Å². The summed E-state index contributed by atoms with van der Waals surface area (Å²) in [5.74, 6) is -3.64. The highest BCUT2D eigenvalue weighted by molar-refractivity contribution is 5.83. The maximum Gasteiger partial charge on any atom is 0.323 e. The van der Waals surface area contributed by atoms with Crippen LogP contribution in [0.2, 0.25) is 0 Å². The molecule has 1 N–H and O–H groups in total. The van der Waals surface area contributed by atoms with Crippen LogP contribution in [0.5, 0.6) is 0 Å². The fourth-order valence-corrected chi connectivity index (χ4v) is 2.73. The Kier molecular flexibility index (Phi) is 4.88. The zero-order chi connectivity index (χ0) is 15.4. The van der Waals surface area contributed by atoms with E-state index in [1.807, 2.05) is 0 Å². The van der Waals surface area contributed by atoms with Crippen molar-refractivity contribution in [2.75, 3.05) is 6.54 Å². The molecule has 1 amide bonds. The van der Waals surface area contributed by atoms with E-state index in [4.69, 9.17) is 5.11 Å². The van der Waals surface area contributed by atoms with E-state index >= 15 is 0 Å². The molecule has 1 saturated carbocycles. The van der Waals surface area contributed by atoms with Crippen LogP contribution in [-0.4, -0.2) is 34.5 Å². The normalized spacial score (nSPS) is 15.1. The molecule has 0 radical (unpaired) electrons. The molecular formula is C15H17F2NO3. The SMILES string of the molecule is O=C(O)CN(C(=O)Cc1cccc(F)c1F)C1CCCC1. The minimum atomic E-state index is -1.10. The maximum atomic E-state index is 13.6. The molecule has 21 heavy (non-hydrogen) atoms. The third-order valence-corrected chi connectivity index (χ3v) is 3.76. The molecule has 114 valence electrons. The second kappa shape index (κ2) is 6.65. The highest BCUT2D eigenvalue weighted by Crippen LogP contribution is 2.24. The van der Waals surface area contributed by atoms with Crippen molar-refractivity contribution in [3.8, 4) is 0 Å². The first-order valence-electron chi connectivity index (χ1n) is 6.93. The molecule has 0 spiro atoms. The number of carboxylic acid groups (broad SMARTS) is 1. The lowest BCUT2D eigenvalue weighted by Crippen LogP contribution is -2.43. The van der Waals surface area contributed by atoms with Crippen LogP contribution in [0.15, 0.2) is 18.2 Å². The molecule has 4 nitrogen and oxygen atoms in total. The molecule has 1 fully saturated rings. The Labute approximate surface area is 121 Å². The van der Waals surface area contributed by atoms with Crippen molar-refractivity contribution in [2.24, 2.45) is 0 Å². The number of nitrogens with zero attached hydrogens (tertiary/aromatic N) is 1. The minimum absolute atomic E-state index is 0.0478. The van der Waals surface area contributed by atoms with Crippen molar-refractivity contribution in [3.63, 3.8) is 0 Å². The molecule has 1 aliphatic rings. The van der Waals surface area contributed by atoms with Crippen molar-refractivity contribution in [1.82, 2.24) is 4.90 Å². The molecule has 0 unspecified atom stereocenters.